The van der Waals surface area contributed by atoms with Gasteiger partial charge in [0.05, 0.1) is 0 Å². The molecule has 2 aromatic heterocycles. The molecule has 0 saturated carbocycles. The van der Waals surface area contributed by atoms with Crippen molar-refractivity contribution in [3.05, 3.63) is 90.8 Å². The van der Waals surface area contributed by atoms with Gasteiger partial charge in [-0.15, -0.1) is 0 Å². The standard InChI is InChI=1S/C22H18N2O2/c25-16-23-15-19-20(17-9-3-1-4-10-17)21(18-11-5-2-6-12-18)26-22(19)24-13-7-8-14-24/h1-14,16H,15H2,(H,23,25). The van der Waals surface area contributed by atoms with Gasteiger partial charge < -0.3 is 9.73 Å². The van der Waals surface area contributed by atoms with E-state index in [0.717, 1.165) is 28.0 Å². The Morgan fingerprint density at radius 2 is 1.46 bits per heavy atom. The number of nitrogens with zero attached hydrogens (tertiary/aromatic N) is 1. The van der Waals surface area contributed by atoms with Crippen LogP contribution in [0.4, 0.5) is 0 Å². The second-order valence-corrected chi connectivity index (χ2v) is 5.91. The number of hydrogen-bond donors (Lipinski definition) is 1. The normalized spacial score (nSPS) is 10.6. The van der Waals surface area contributed by atoms with Crippen LogP contribution in [0.3, 0.4) is 0 Å². The van der Waals surface area contributed by atoms with Crippen molar-refractivity contribution in [3.8, 4) is 28.3 Å². The molecule has 4 heteroatoms. The van der Waals surface area contributed by atoms with Gasteiger partial charge in [0.25, 0.3) is 0 Å². The van der Waals surface area contributed by atoms with Crippen molar-refractivity contribution < 1.29 is 9.21 Å². The molecule has 2 aromatic carbocycles. The molecule has 4 aromatic rings. The molecule has 4 rings (SSSR count). The van der Waals surface area contributed by atoms with Crippen LogP contribution in [0.2, 0.25) is 0 Å². The Bertz CT molecular complexity index is 988. The first kappa shape index (κ1) is 16.0. The fraction of sp³-hybridized carbons (Fsp3) is 0.0455. The fourth-order valence-corrected chi connectivity index (χ4v) is 3.14. The SMILES string of the molecule is O=CNCc1c(-n2cccc2)oc(-c2ccccc2)c1-c1ccccc1. The summed E-state index contributed by atoms with van der Waals surface area (Å²) in [6, 6.07) is 24.0. The number of carbonyl (C=O) groups is 1. The van der Waals surface area contributed by atoms with Gasteiger partial charge in [-0.05, 0) is 17.7 Å². The van der Waals surface area contributed by atoms with Gasteiger partial charge in [-0.25, -0.2) is 0 Å². The van der Waals surface area contributed by atoms with E-state index in [2.05, 4.69) is 17.4 Å². The third-order valence-corrected chi connectivity index (χ3v) is 4.29. The molecule has 0 bridgehead atoms. The second kappa shape index (κ2) is 7.15. The molecule has 0 aliphatic heterocycles. The number of amides is 1. The minimum Gasteiger partial charge on any atom is -0.439 e. The molecular formula is C22H18N2O2. The molecular weight excluding hydrogens is 324 g/mol. The van der Waals surface area contributed by atoms with Crippen LogP contribution in [0.25, 0.3) is 28.3 Å². The number of furan rings is 1. The zero-order valence-electron chi connectivity index (χ0n) is 14.1. The molecule has 0 unspecified atom stereocenters. The van der Waals surface area contributed by atoms with E-state index in [-0.39, 0.29) is 0 Å². The first-order valence-corrected chi connectivity index (χ1v) is 8.45. The molecule has 0 fully saturated rings. The Morgan fingerprint density at radius 1 is 0.846 bits per heavy atom. The van der Waals surface area contributed by atoms with E-state index in [1.165, 1.54) is 0 Å². The zero-order chi connectivity index (χ0) is 17.8. The molecule has 0 aliphatic rings. The number of hydrogen-bond acceptors (Lipinski definition) is 2. The van der Waals surface area contributed by atoms with Gasteiger partial charge in [0, 0.05) is 35.6 Å². The second-order valence-electron chi connectivity index (χ2n) is 5.91. The Balaban J connectivity index is 2.00. The van der Waals surface area contributed by atoms with Crippen LogP contribution in [0.1, 0.15) is 5.56 Å². The topological polar surface area (TPSA) is 47.2 Å². The molecule has 2 heterocycles. The van der Waals surface area contributed by atoms with Gasteiger partial charge in [0.1, 0.15) is 5.76 Å². The first-order chi connectivity index (χ1) is 12.9. The molecule has 0 spiro atoms. The van der Waals surface area contributed by atoms with Crippen LogP contribution in [-0.2, 0) is 11.3 Å². The molecule has 0 atom stereocenters. The lowest BCUT2D eigenvalue weighted by Crippen LogP contribution is -2.11. The summed E-state index contributed by atoms with van der Waals surface area (Å²) in [5.74, 6) is 1.50. The van der Waals surface area contributed by atoms with Crippen LogP contribution < -0.4 is 5.32 Å². The van der Waals surface area contributed by atoms with Crippen molar-refractivity contribution >= 4 is 6.41 Å². The number of benzene rings is 2. The van der Waals surface area contributed by atoms with E-state index in [0.29, 0.717) is 18.8 Å². The van der Waals surface area contributed by atoms with Crippen molar-refractivity contribution in [2.24, 2.45) is 0 Å². The maximum absolute atomic E-state index is 11.0. The Kier molecular flexibility index (Phi) is 4.39. The van der Waals surface area contributed by atoms with E-state index in [1.54, 1.807) is 0 Å². The van der Waals surface area contributed by atoms with E-state index >= 15 is 0 Å². The van der Waals surface area contributed by atoms with Gasteiger partial charge in [-0.3, -0.25) is 9.36 Å². The smallest absolute Gasteiger partial charge is 0.209 e. The highest BCUT2D eigenvalue weighted by atomic mass is 16.4. The lowest BCUT2D eigenvalue weighted by atomic mass is 9.97. The van der Waals surface area contributed by atoms with Crippen molar-refractivity contribution in [2.45, 2.75) is 6.54 Å². The lowest BCUT2D eigenvalue weighted by Gasteiger charge is -2.07. The van der Waals surface area contributed by atoms with Crippen LogP contribution in [0.5, 0.6) is 0 Å². The Labute approximate surface area is 151 Å². The van der Waals surface area contributed by atoms with Crippen LogP contribution >= 0.6 is 0 Å². The van der Waals surface area contributed by atoms with Gasteiger partial charge in [-0.2, -0.15) is 0 Å². The average molecular weight is 342 g/mol. The van der Waals surface area contributed by atoms with Crippen LogP contribution in [-0.4, -0.2) is 11.0 Å². The molecule has 4 nitrogen and oxygen atoms in total. The molecule has 0 aliphatic carbocycles. The third-order valence-electron chi connectivity index (χ3n) is 4.29. The van der Waals surface area contributed by atoms with Gasteiger partial charge >= 0.3 is 0 Å². The van der Waals surface area contributed by atoms with Gasteiger partial charge in [0.2, 0.25) is 12.3 Å². The highest BCUT2D eigenvalue weighted by Gasteiger charge is 2.23. The summed E-state index contributed by atoms with van der Waals surface area (Å²) < 4.78 is 8.27. The Hall–Kier alpha value is -3.53. The summed E-state index contributed by atoms with van der Waals surface area (Å²) in [5, 5.41) is 2.79. The monoisotopic (exact) mass is 342 g/mol. The minimum absolute atomic E-state index is 0.386. The highest BCUT2D eigenvalue weighted by Crippen LogP contribution is 2.40. The average Bonchev–Trinajstić information content (AvgIpc) is 3.35. The van der Waals surface area contributed by atoms with Gasteiger partial charge in [-0.1, -0.05) is 60.7 Å². The number of rotatable bonds is 6. The largest absolute Gasteiger partial charge is 0.439 e. The summed E-state index contributed by atoms with van der Waals surface area (Å²) in [6.45, 7) is 0.386. The quantitative estimate of drug-likeness (QED) is 0.519. The number of nitrogens with one attached hydrogen (secondary N) is 1. The van der Waals surface area contributed by atoms with Gasteiger partial charge in [0.15, 0.2) is 0 Å². The zero-order valence-corrected chi connectivity index (χ0v) is 14.1. The van der Waals surface area contributed by atoms with E-state index in [4.69, 9.17) is 4.42 Å². The summed E-state index contributed by atoms with van der Waals surface area (Å²) >= 11 is 0. The highest BCUT2D eigenvalue weighted by molar-refractivity contribution is 5.84. The van der Waals surface area contributed by atoms with Crippen molar-refractivity contribution in [3.63, 3.8) is 0 Å². The van der Waals surface area contributed by atoms with Crippen LogP contribution in [0, 0.1) is 0 Å². The van der Waals surface area contributed by atoms with Crippen molar-refractivity contribution in [2.75, 3.05) is 0 Å². The van der Waals surface area contributed by atoms with E-state index in [1.807, 2.05) is 77.6 Å². The number of carbonyl (C=O) groups excluding carboxylic acids is 1. The van der Waals surface area contributed by atoms with Crippen molar-refractivity contribution in [1.29, 1.82) is 0 Å². The molecule has 0 radical (unpaired) electrons. The minimum atomic E-state index is 0.386. The Morgan fingerprint density at radius 3 is 2.08 bits per heavy atom. The summed E-state index contributed by atoms with van der Waals surface area (Å²) in [5.41, 5.74) is 3.99. The van der Waals surface area contributed by atoms with E-state index < -0.39 is 0 Å². The fourth-order valence-electron chi connectivity index (χ4n) is 3.14. The maximum atomic E-state index is 11.0. The summed E-state index contributed by atoms with van der Waals surface area (Å²) in [6.07, 6.45) is 4.59. The predicted octanol–water partition coefficient (Wildman–Crippen LogP) is 4.65. The van der Waals surface area contributed by atoms with Crippen molar-refractivity contribution in [1.82, 2.24) is 9.88 Å². The summed E-state index contributed by atoms with van der Waals surface area (Å²) in [7, 11) is 0. The first-order valence-electron chi connectivity index (χ1n) is 8.45. The molecule has 1 amide bonds. The van der Waals surface area contributed by atoms with Crippen LogP contribution in [0.15, 0.2) is 89.6 Å². The van der Waals surface area contributed by atoms with E-state index in [9.17, 15) is 4.79 Å². The lowest BCUT2D eigenvalue weighted by molar-refractivity contribution is -0.109. The molecule has 0 saturated heterocycles. The predicted molar refractivity (Wildman–Crippen MR) is 102 cm³/mol. The molecule has 26 heavy (non-hydrogen) atoms. The summed E-state index contributed by atoms with van der Waals surface area (Å²) in [4.78, 5) is 11.0. The maximum Gasteiger partial charge on any atom is 0.209 e. The molecule has 128 valence electrons. The number of aromatic nitrogens is 1. The molecule has 1 N–H and O–H groups in total. The third kappa shape index (κ3) is 2.93.